The second kappa shape index (κ2) is 8.87. The molecule has 5 N–H and O–H groups in total. The minimum Gasteiger partial charge on any atom is -0.404 e. The number of aryl methyl sites for hydroxylation is 1. The molecule has 1 aromatic carbocycles. The van der Waals surface area contributed by atoms with Gasteiger partial charge in [0.1, 0.15) is 5.70 Å². The minimum atomic E-state index is -0.397. The molecule has 0 radical (unpaired) electrons. The predicted molar refractivity (Wildman–Crippen MR) is 111 cm³/mol. The van der Waals surface area contributed by atoms with Gasteiger partial charge >= 0.3 is 0 Å². The van der Waals surface area contributed by atoms with Crippen molar-refractivity contribution in [1.29, 1.82) is 0 Å². The number of carbonyl (C=O) groups is 2. The maximum atomic E-state index is 12.7. The quantitative estimate of drug-likeness (QED) is 0.700. The van der Waals surface area contributed by atoms with Crippen molar-refractivity contribution in [2.75, 3.05) is 0 Å². The van der Waals surface area contributed by atoms with Gasteiger partial charge in [0.05, 0.1) is 11.7 Å². The topological polar surface area (TPSA) is 111 Å². The Bertz CT molecular complexity index is 867. The summed E-state index contributed by atoms with van der Waals surface area (Å²) in [5.41, 5.74) is 16.1. The number of aliphatic imine (C=N–C) groups is 1. The van der Waals surface area contributed by atoms with Crippen molar-refractivity contribution in [1.82, 2.24) is 5.32 Å². The van der Waals surface area contributed by atoms with Crippen molar-refractivity contribution in [2.45, 2.75) is 57.9 Å². The van der Waals surface area contributed by atoms with E-state index in [-0.39, 0.29) is 17.5 Å². The molecule has 1 atom stereocenters. The van der Waals surface area contributed by atoms with Crippen LogP contribution in [-0.4, -0.2) is 23.4 Å². The van der Waals surface area contributed by atoms with Gasteiger partial charge in [0.2, 0.25) is 0 Å². The molecular formula is C22H28N4O2. The van der Waals surface area contributed by atoms with Crippen LogP contribution in [0.1, 0.15) is 50.5 Å². The predicted octanol–water partition coefficient (Wildman–Crippen LogP) is 2.93. The number of carbonyl (C=O) groups excluding carboxylic acids is 2. The first kappa shape index (κ1) is 19.9. The van der Waals surface area contributed by atoms with Crippen LogP contribution in [0.5, 0.6) is 0 Å². The summed E-state index contributed by atoms with van der Waals surface area (Å²) in [6, 6.07) is 7.66. The Morgan fingerprint density at radius 1 is 1.18 bits per heavy atom. The number of hydrogen-bond acceptors (Lipinski definition) is 5. The molecule has 0 aromatic heterocycles. The molecule has 0 heterocycles. The Balaban J connectivity index is 1.80. The van der Waals surface area contributed by atoms with E-state index >= 15 is 0 Å². The summed E-state index contributed by atoms with van der Waals surface area (Å²) in [5.74, 6) is -0.411. The van der Waals surface area contributed by atoms with Crippen molar-refractivity contribution in [3.63, 3.8) is 0 Å². The third kappa shape index (κ3) is 4.32. The molecule has 1 amide bonds. The van der Waals surface area contributed by atoms with E-state index in [1.165, 1.54) is 6.20 Å². The number of nitrogens with two attached hydrogens (primary N) is 2. The van der Waals surface area contributed by atoms with Crippen molar-refractivity contribution in [3.8, 4) is 0 Å². The van der Waals surface area contributed by atoms with E-state index in [0.717, 1.165) is 54.6 Å². The number of Topliss-reactive ketones (excluding diaryl/α,β-unsaturated/α-hetero) is 1. The number of hydrogen-bond donors (Lipinski definition) is 3. The van der Waals surface area contributed by atoms with E-state index in [9.17, 15) is 9.59 Å². The van der Waals surface area contributed by atoms with E-state index in [2.05, 4.69) is 5.32 Å². The number of nitrogens with zero attached hydrogens (tertiary/aromatic N) is 1. The second-order valence-corrected chi connectivity index (χ2v) is 7.41. The van der Waals surface area contributed by atoms with E-state index < -0.39 is 5.91 Å². The fraction of sp³-hybridized carbons (Fsp3) is 0.409. The van der Waals surface area contributed by atoms with Crippen LogP contribution in [0, 0.1) is 6.92 Å². The summed E-state index contributed by atoms with van der Waals surface area (Å²) in [6.07, 6.45) is 6.77. The molecule has 0 spiro atoms. The maximum Gasteiger partial charge on any atom is 0.268 e. The fourth-order valence-corrected chi connectivity index (χ4v) is 3.83. The van der Waals surface area contributed by atoms with Crippen molar-refractivity contribution in [3.05, 3.63) is 52.9 Å². The molecule has 2 aliphatic rings. The molecule has 1 aromatic rings. The highest BCUT2D eigenvalue weighted by atomic mass is 16.2. The third-order valence-electron chi connectivity index (χ3n) is 5.46. The number of allylic oxidation sites excluding steroid dienone is 1. The average molecular weight is 380 g/mol. The molecule has 6 nitrogen and oxygen atoms in total. The van der Waals surface area contributed by atoms with Gasteiger partial charge in [-0.1, -0.05) is 18.2 Å². The maximum absolute atomic E-state index is 12.7. The van der Waals surface area contributed by atoms with E-state index in [0.29, 0.717) is 18.4 Å². The monoisotopic (exact) mass is 380 g/mol. The lowest BCUT2D eigenvalue weighted by Gasteiger charge is -2.28. The molecule has 3 rings (SSSR count). The lowest BCUT2D eigenvalue weighted by molar-refractivity contribution is -0.120. The first-order valence-corrected chi connectivity index (χ1v) is 9.89. The zero-order valence-corrected chi connectivity index (χ0v) is 16.3. The highest BCUT2D eigenvalue weighted by Crippen LogP contribution is 2.27. The number of ketones is 1. The van der Waals surface area contributed by atoms with E-state index in [4.69, 9.17) is 16.5 Å². The summed E-state index contributed by atoms with van der Waals surface area (Å²) in [6.45, 7) is 2.02. The fourth-order valence-electron chi connectivity index (χ4n) is 3.83. The van der Waals surface area contributed by atoms with Gasteiger partial charge in [-0.3, -0.25) is 14.6 Å². The summed E-state index contributed by atoms with van der Waals surface area (Å²) < 4.78 is 0. The minimum absolute atomic E-state index is 0.0149. The highest BCUT2D eigenvalue weighted by Gasteiger charge is 2.28. The summed E-state index contributed by atoms with van der Waals surface area (Å²) in [4.78, 5) is 29.5. The lowest BCUT2D eigenvalue weighted by Crippen LogP contribution is -2.43. The molecule has 2 fully saturated rings. The molecule has 28 heavy (non-hydrogen) atoms. The Hall–Kier alpha value is -2.89. The van der Waals surface area contributed by atoms with Gasteiger partial charge in [-0.25, -0.2) is 0 Å². The zero-order chi connectivity index (χ0) is 20.1. The number of para-hydroxylation sites is 1. The average Bonchev–Trinajstić information content (AvgIpc) is 2.70. The summed E-state index contributed by atoms with van der Waals surface area (Å²) >= 11 is 0. The van der Waals surface area contributed by atoms with Crippen LogP contribution in [0.4, 0.5) is 5.69 Å². The van der Waals surface area contributed by atoms with Crippen molar-refractivity contribution < 1.29 is 9.59 Å². The van der Waals surface area contributed by atoms with Crippen LogP contribution >= 0.6 is 0 Å². The molecule has 0 saturated heterocycles. The van der Waals surface area contributed by atoms with Gasteiger partial charge in [0.15, 0.2) is 5.78 Å². The molecular weight excluding hydrogens is 352 g/mol. The number of benzene rings is 1. The molecule has 0 aliphatic heterocycles. The molecule has 1 unspecified atom stereocenters. The van der Waals surface area contributed by atoms with Crippen LogP contribution in [0.3, 0.4) is 0 Å². The molecule has 148 valence electrons. The SMILES string of the molecule is Cc1ccccc1N=C1CCCC(NC(=O)C(N)=C2CCCCC2=O)C1=CN. The van der Waals surface area contributed by atoms with E-state index in [1.807, 2.05) is 31.2 Å². The molecule has 6 heteroatoms. The first-order valence-electron chi connectivity index (χ1n) is 9.89. The van der Waals surface area contributed by atoms with Crippen LogP contribution in [-0.2, 0) is 9.59 Å². The van der Waals surface area contributed by atoms with Gasteiger partial charge < -0.3 is 16.8 Å². The normalized spacial score (nSPS) is 25.0. The third-order valence-corrected chi connectivity index (χ3v) is 5.46. The van der Waals surface area contributed by atoms with Crippen LogP contribution in [0.25, 0.3) is 0 Å². The summed E-state index contributed by atoms with van der Waals surface area (Å²) in [7, 11) is 0. The van der Waals surface area contributed by atoms with Crippen LogP contribution in [0.2, 0.25) is 0 Å². The van der Waals surface area contributed by atoms with Gasteiger partial charge in [-0.05, 0) is 57.1 Å². The van der Waals surface area contributed by atoms with Gasteiger partial charge in [0, 0.05) is 29.5 Å². The largest absolute Gasteiger partial charge is 0.404 e. The smallest absolute Gasteiger partial charge is 0.268 e. The second-order valence-electron chi connectivity index (χ2n) is 7.41. The Morgan fingerprint density at radius 2 is 1.93 bits per heavy atom. The number of rotatable bonds is 3. The van der Waals surface area contributed by atoms with Crippen LogP contribution in [0.15, 0.2) is 52.3 Å². The first-order chi connectivity index (χ1) is 13.5. The zero-order valence-electron chi connectivity index (χ0n) is 16.3. The van der Waals surface area contributed by atoms with Gasteiger partial charge in [-0.2, -0.15) is 0 Å². The summed E-state index contributed by atoms with van der Waals surface area (Å²) in [5, 5.41) is 2.96. The van der Waals surface area contributed by atoms with Gasteiger partial charge in [0.25, 0.3) is 5.91 Å². The lowest BCUT2D eigenvalue weighted by atomic mass is 9.87. The number of amides is 1. The number of nitrogens with one attached hydrogen (secondary N) is 1. The molecule has 2 aliphatic carbocycles. The molecule has 0 bridgehead atoms. The van der Waals surface area contributed by atoms with Crippen molar-refractivity contribution >= 4 is 23.1 Å². The Morgan fingerprint density at radius 3 is 2.64 bits per heavy atom. The Kier molecular flexibility index (Phi) is 6.29. The molecule has 2 saturated carbocycles. The standard InChI is InChI=1S/C22H28N4O2/c1-14-7-2-4-9-17(14)25-18-10-6-11-19(16(18)13-23)26-22(28)21(24)15-8-3-5-12-20(15)27/h2,4,7,9,13,19H,3,5-6,8,10-12,23-24H2,1H3,(H,26,28). The van der Waals surface area contributed by atoms with Crippen molar-refractivity contribution in [2.24, 2.45) is 16.5 Å². The van der Waals surface area contributed by atoms with Crippen LogP contribution < -0.4 is 16.8 Å². The Labute approximate surface area is 165 Å². The van der Waals surface area contributed by atoms with Gasteiger partial charge in [-0.15, -0.1) is 0 Å². The highest BCUT2D eigenvalue weighted by molar-refractivity contribution is 6.07. The van der Waals surface area contributed by atoms with E-state index in [1.54, 1.807) is 0 Å².